The van der Waals surface area contributed by atoms with E-state index in [-0.39, 0.29) is 24.8 Å². The molecule has 5 nitrogen and oxygen atoms in total. The highest BCUT2D eigenvalue weighted by molar-refractivity contribution is 5.89. The molecule has 2 N–H and O–H groups in total. The molecule has 120 valence electrons. The Hall–Kier alpha value is -1.88. The number of amides is 1. The van der Waals surface area contributed by atoms with Crippen molar-refractivity contribution in [3.05, 3.63) is 35.9 Å². The number of ether oxygens (including phenoxy) is 1. The molecular weight excluding hydrogens is 280 g/mol. The quantitative estimate of drug-likeness (QED) is 0.772. The third-order valence-corrected chi connectivity index (χ3v) is 4.44. The number of aryl methyl sites for hydroxylation is 1. The van der Waals surface area contributed by atoms with Gasteiger partial charge < -0.3 is 15.4 Å². The Balaban J connectivity index is 1.88. The van der Waals surface area contributed by atoms with Crippen molar-refractivity contribution in [3.63, 3.8) is 0 Å². The highest BCUT2D eigenvalue weighted by Crippen LogP contribution is 2.35. The lowest BCUT2D eigenvalue weighted by Gasteiger charge is -2.25. The van der Waals surface area contributed by atoms with Crippen LogP contribution in [0.25, 0.3) is 0 Å². The molecule has 1 aromatic carbocycles. The van der Waals surface area contributed by atoms with Crippen molar-refractivity contribution in [2.45, 2.75) is 25.7 Å². The Kier molecular flexibility index (Phi) is 5.55. The second-order valence-electron chi connectivity index (χ2n) is 5.87. The van der Waals surface area contributed by atoms with Crippen LogP contribution >= 0.6 is 0 Å². The number of rotatable bonds is 7. The molecule has 1 amide bonds. The van der Waals surface area contributed by atoms with Crippen LogP contribution in [0.4, 0.5) is 0 Å². The smallest absolute Gasteiger partial charge is 0.306 e. The van der Waals surface area contributed by atoms with Crippen LogP contribution in [0.1, 0.15) is 24.8 Å². The normalized spacial score (nSPS) is 21.2. The summed E-state index contributed by atoms with van der Waals surface area (Å²) in [4.78, 5) is 26.0. The largest absolute Gasteiger partial charge is 0.469 e. The third-order valence-electron chi connectivity index (χ3n) is 4.44. The van der Waals surface area contributed by atoms with Crippen LogP contribution in [0.15, 0.2) is 30.3 Å². The minimum absolute atomic E-state index is 0.00605. The molecule has 0 radical (unpaired) electrons. The van der Waals surface area contributed by atoms with Gasteiger partial charge in [-0.15, -0.1) is 0 Å². The summed E-state index contributed by atoms with van der Waals surface area (Å²) in [5, 5.41) is 0. The zero-order chi connectivity index (χ0) is 16.0. The van der Waals surface area contributed by atoms with Crippen molar-refractivity contribution in [2.24, 2.45) is 11.1 Å². The van der Waals surface area contributed by atoms with E-state index in [0.717, 1.165) is 12.8 Å². The van der Waals surface area contributed by atoms with Crippen LogP contribution in [-0.4, -0.2) is 43.5 Å². The van der Waals surface area contributed by atoms with Crippen LogP contribution in [0.5, 0.6) is 0 Å². The Bertz CT molecular complexity index is 518. The van der Waals surface area contributed by atoms with Crippen LogP contribution < -0.4 is 5.73 Å². The maximum atomic E-state index is 12.6. The van der Waals surface area contributed by atoms with E-state index < -0.39 is 5.41 Å². The minimum atomic E-state index is -0.764. The average molecular weight is 304 g/mol. The number of benzene rings is 1. The molecule has 0 spiro atoms. The first-order valence-electron chi connectivity index (χ1n) is 7.71. The number of nitrogens with two attached hydrogens (primary N) is 1. The zero-order valence-electron chi connectivity index (χ0n) is 13.1. The number of likely N-dealkylation sites (tertiary alicyclic amines) is 1. The van der Waals surface area contributed by atoms with E-state index in [4.69, 9.17) is 10.5 Å². The van der Waals surface area contributed by atoms with Crippen LogP contribution in [0, 0.1) is 5.41 Å². The van der Waals surface area contributed by atoms with E-state index in [1.165, 1.54) is 12.7 Å². The van der Waals surface area contributed by atoms with E-state index in [9.17, 15) is 9.59 Å². The van der Waals surface area contributed by atoms with E-state index >= 15 is 0 Å². The van der Waals surface area contributed by atoms with Crippen molar-refractivity contribution in [2.75, 3.05) is 26.7 Å². The first-order chi connectivity index (χ1) is 10.6. The predicted octanol–water partition coefficient (Wildman–Crippen LogP) is 1.36. The Morgan fingerprint density at radius 2 is 2.09 bits per heavy atom. The highest BCUT2D eigenvalue weighted by atomic mass is 16.5. The van der Waals surface area contributed by atoms with Crippen molar-refractivity contribution < 1.29 is 14.3 Å². The van der Waals surface area contributed by atoms with E-state index in [1.807, 2.05) is 23.1 Å². The van der Waals surface area contributed by atoms with Gasteiger partial charge in [-0.3, -0.25) is 9.59 Å². The molecule has 1 heterocycles. The summed E-state index contributed by atoms with van der Waals surface area (Å²) in [5.41, 5.74) is 6.30. The van der Waals surface area contributed by atoms with Crippen molar-refractivity contribution >= 4 is 11.9 Å². The number of carbonyl (C=O) groups is 2. The summed E-state index contributed by atoms with van der Waals surface area (Å²) < 4.78 is 4.70. The highest BCUT2D eigenvalue weighted by Gasteiger charge is 2.47. The van der Waals surface area contributed by atoms with E-state index in [1.54, 1.807) is 0 Å². The summed E-state index contributed by atoms with van der Waals surface area (Å²) in [6, 6.07) is 10.2. The topological polar surface area (TPSA) is 72.6 Å². The molecule has 0 saturated carbocycles. The van der Waals surface area contributed by atoms with Gasteiger partial charge in [0.25, 0.3) is 0 Å². The molecule has 1 aliphatic rings. The van der Waals surface area contributed by atoms with Gasteiger partial charge in [-0.25, -0.2) is 0 Å². The molecular formula is C17H24N2O3. The molecule has 1 saturated heterocycles. The fourth-order valence-electron chi connectivity index (χ4n) is 3.00. The summed E-state index contributed by atoms with van der Waals surface area (Å²) in [6.07, 6.45) is 2.56. The van der Waals surface area contributed by atoms with Gasteiger partial charge in [-0.05, 0) is 24.8 Å². The number of methoxy groups -OCH3 is 1. The fourth-order valence-corrected chi connectivity index (χ4v) is 3.00. The molecule has 1 aromatic rings. The molecule has 22 heavy (non-hydrogen) atoms. The Morgan fingerprint density at radius 3 is 2.73 bits per heavy atom. The lowest BCUT2D eigenvalue weighted by molar-refractivity contribution is -0.148. The predicted molar refractivity (Wildman–Crippen MR) is 84.1 cm³/mol. The van der Waals surface area contributed by atoms with E-state index in [2.05, 4.69) is 12.1 Å². The molecule has 2 rings (SSSR count). The Labute approximate surface area is 131 Å². The third kappa shape index (κ3) is 3.65. The summed E-state index contributed by atoms with van der Waals surface area (Å²) in [7, 11) is 1.34. The summed E-state index contributed by atoms with van der Waals surface area (Å²) >= 11 is 0. The van der Waals surface area contributed by atoms with Crippen LogP contribution in [0.3, 0.4) is 0 Å². The van der Waals surface area contributed by atoms with Crippen LogP contribution in [-0.2, 0) is 20.7 Å². The van der Waals surface area contributed by atoms with Gasteiger partial charge in [0.1, 0.15) is 0 Å². The molecule has 5 heteroatoms. The van der Waals surface area contributed by atoms with Gasteiger partial charge in [0, 0.05) is 19.6 Å². The lowest BCUT2D eigenvalue weighted by atomic mass is 9.83. The second-order valence-corrected chi connectivity index (χ2v) is 5.87. The van der Waals surface area contributed by atoms with E-state index in [0.29, 0.717) is 19.5 Å². The fraction of sp³-hybridized carbons (Fsp3) is 0.529. The minimum Gasteiger partial charge on any atom is -0.469 e. The molecule has 0 aliphatic carbocycles. The SMILES string of the molecule is COC(=O)CC1(CN)CCN(CCCc2ccccc2)C1=O. The van der Waals surface area contributed by atoms with Crippen LogP contribution in [0.2, 0.25) is 0 Å². The molecule has 1 fully saturated rings. The van der Waals surface area contributed by atoms with Gasteiger partial charge >= 0.3 is 5.97 Å². The second kappa shape index (κ2) is 7.40. The van der Waals surface area contributed by atoms with Gasteiger partial charge in [-0.2, -0.15) is 0 Å². The number of carbonyl (C=O) groups excluding carboxylic acids is 2. The van der Waals surface area contributed by atoms with Gasteiger partial charge in [0.05, 0.1) is 18.9 Å². The first-order valence-corrected chi connectivity index (χ1v) is 7.71. The van der Waals surface area contributed by atoms with Crippen molar-refractivity contribution in [1.82, 2.24) is 4.90 Å². The Morgan fingerprint density at radius 1 is 1.36 bits per heavy atom. The molecule has 1 atom stereocenters. The van der Waals surface area contributed by atoms with Gasteiger partial charge in [-0.1, -0.05) is 30.3 Å². The average Bonchev–Trinajstić information content (AvgIpc) is 2.85. The first kappa shape index (κ1) is 16.5. The summed E-state index contributed by atoms with van der Waals surface area (Å²) in [6.45, 7) is 1.56. The molecule has 1 aliphatic heterocycles. The standard InChI is InChI=1S/C17H24N2O3/c1-22-15(20)12-17(13-18)9-11-19(16(17)21)10-5-8-14-6-3-2-4-7-14/h2-4,6-7H,5,8-13,18H2,1H3. The summed E-state index contributed by atoms with van der Waals surface area (Å²) in [5.74, 6) is -0.376. The molecule has 0 aromatic heterocycles. The van der Waals surface area contributed by atoms with Gasteiger partial charge in [0.2, 0.25) is 5.91 Å². The maximum absolute atomic E-state index is 12.6. The number of esters is 1. The number of hydrogen-bond acceptors (Lipinski definition) is 4. The maximum Gasteiger partial charge on any atom is 0.306 e. The lowest BCUT2D eigenvalue weighted by Crippen LogP contribution is -2.42. The zero-order valence-corrected chi connectivity index (χ0v) is 13.1. The van der Waals surface area contributed by atoms with Gasteiger partial charge in [0.15, 0.2) is 0 Å². The van der Waals surface area contributed by atoms with Crippen molar-refractivity contribution in [1.29, 1.82) is 0 Å². The molecule has 0 bridgehead atoms. The molecule has 1 unspecified atom stereocenters. The monoisotopic (exact) mass is 304 g/mol. The number of nitrogens with zero attached hydrogens (tertiary/aromatic N) is 1. The van der Waals surface area contributed by atoms with Crippen molar-refractivity contribution in [3.8, 4) is 0 Å². The number of hydrogen-bond donors (Lipinski definition) is 1.